The second-order valence-corrected chi connectivity index (χ2v) is 5.69. The molecule has 0 saturated heterocycles. The third kappa shape index (κ3) is 4.65. The Kier molecular flexibility index (Phi) is 5.55. The molecule has 2 aromatic rings. The molecule has 0 aromatic carbocycles. The second-order valence-electron chi connectivity index (χ2n) is 4.37. The maximum Gasteiger partial charge on any atom is 0.191 e. The third-order valence-corrected chi connectivity index (χ3v) is 3.66. The third-order valence-electron chi connectivity index (χ3n) is 2.74. The number of nitrogens with one attached hydrogen (secondary N) is 2. The van der Waals surface area contributed by atoms with Crippen LogP contribution in [0.2, 0.25) is 0 Å². The van der Waals surface area contributed by atoms with E-state index in [0.29, 0.717) is 6.54 Å². The van der Waals surface area contributed by atoms with Gasteiger partial charge in [0.05, 0.1) is 12.9 Å². The molecule has 0 aliphatic rings. The number of hydrogen-bond acceptors (Lipinski definition) is 4. The molecule has 108 valence electrons. The number of guanidine groups is 1. The van der Waals surface area contributed by atoms with Gasteiger partial charge in [0.25, 0.3) is 0 Å². The van der Waals surface area contributed by atoms with E-state index in [2.05, 4.69) is 37.1 Å². The van der Waals surface area contributed by atoms with Gasteiger partial charge in [-0.2, -0.15) is 0 Å². The van der Waals surface area contributed by atoms with Crippen LogP contribution in [-0.2, 0) is 13.1 Å². The lowest BCUT2D eigenvalue weighted by Crippen LogP contribution is -2.37. The molecule has 2 rings (SSSR count). The fourth-order valence-corrected chi connectivity index (χ4v) is 2.48. The molecule has 0 aliphatic heterocycles. The average molecular weight is 292 g/mol. The summed E-state index contributed by atoms with van der Waals surface area (Å²) in [7, 11) is 1.78. The van der Waals surface area contributed by atoms with Crippen LogP contribution in [0.15, 0.2) is 29.9 Å². The molecule has 0 atom stereocenters. The highest BCUT2D eigenvalue weighted by molar-refractivity contribution is 7.11. The quantitative estimate of drug-likeness (QED) is 0.480. The molecule has 0 amide bonds. The van der Waals surface area contributed by atoms with Crippen LogP contribution in [0, 0.1) is 6.92 Å². The van der Waals surface area contributed by atoms with Crippen molar-refractivity contribution in [1.29, 1.82) is 0 Å². The lowest BCUT2D eigenvalue weighted by atomic mass is 10.4. The van der Waals surface area contributed by atoms with E-state index >= 15 is 0 Å². The summed E-state index contributed by atoms with van der Waals surface area (Å²) < 4.78 is 2.07. The van der Waals surface area contributed by atoms with E-state index in [1.165, 1.54) is 4.88 Å². The first-order valence-corrected chi connectivity index (χ1v) is 7.41. The van der Waals surface area contributed by atoms with Crippen molar-refractivity contribution in [2.24, 2.45) is 4.99 Å². The zero-order valence-corrected chi connectivity index (χ0v) is 12.7. The molecule has 0 fully saturated rings. The van der Waals surface area contributed by atoms with Gasteiger partial charge in [-0.1, -0.05) is 0 Å². The van der Waals surface area contributed by atoms with Crippen LogP contribution in [-0.4, -0.2) is 34.1 Å². The lowest BCUT2D eigenvalue weighted by Gasteiger charge is -2.10. The minimum Gasteiger partial charge on any atom is -0.356 e. The average Bonchev–Trinajstić information content (AvgIpc) is 3.09. The summed E-state index contributed by atoms with van der Waals surface area (Å²) in [4.78, 5) is 13.8. The molecule has 0 spiro atoms. The van der Waals surface area contributed by atoms with E-state index in [4.69, 9.17) is 0 Å². The summed E-state index contributed by atoms with van der Waals surface area (Å²) in [6, 6.07) is 0. The summed E-state index contributed by atoms with van der Waals surface area (Å²) in [5.74, 6) is 0.809. The number of hydrogen-bond donors (Lipinski definition) is 2. The van der Waals surface area contributed by atoms with Crippen LogP contribution in [0.4, 0.5) is 0 Å². The molecule has 0 saturated carbocycles. The SMILES string of the molecule is CN=C(NCCCn1ccnc1)NCc1ncc(C)s1. The summed E-state index contributed by atoms with van der Waals surface area (Å²) >= 11 is 1.70. The van der Waals surface area contributed by atoms with E-state index in [-0.39, 0.29) is 0 Å². The van der Waals surface area contributed by atoms with E-state index < -0.39 is 0 Å². The first kappa shape index (κ1) is 14.5. The van der Waals surface area contributed by atoms with Crippen LogP contribution in [0.1, 0.15) is 16.3 Å². The number of thiazole rings is 1. The molecule has 2 N–H and O–H groups in total. The molecular formula is C13H20N6S. The minimum absolute atomic E-state index is 0.708. The standard InChI is InChI=1S/C13H20N6S/c1-11-8-17-12(20-11)9-18-13(14-2)16-4-3-6-19-7-5-15-10-19/h5,7-8,10H,3-4,6,9H2,1-2H3,(H2,14,16,18). The number of aromatic nitrogens is 3. The summed E-state index contributed by atoms with van der Waals surface area (Å²) in [5, 5.41) is 7.62. The van der Waals surface area contributed by atoms with Crippen molar-refractivity contribution in [3.8, 4) is 0 Å². The predicted molar refractivity (Wildman–Crippen MR) is 81.9 cm³/mol. The zero-order valence-electron chi connectivity index (χ0n) is 11.8. The van der Waals surface area contributed by atoms with Gasteiger partial charge < -0.3 is 15.2 Å². The number of rotatable bonds is 6. The Morgan fingerprint density at radius 1 is 1.45 bits per heavy atom. The van der Waals surface area contributed by atoms with E-state index in [0.717, 1.165) is 30.5 Å². The van der Waals surface area contributed by atoms with Gasteiger partial charge in [0, 0.05) is 43.6 Å². The molecule has 2 heterocycles. The van der Waals surface area contributed by atoms with Crippen LogP contribution in [0.25, 0.3) is 0 Å². The molecular weight excluding hydrogens is 272 g/mol. The Bertz CT molecular complexity index is 531. The fraction of sp³-hybridized carbons (Fsp3) is 0.462. The van der Waals surface area contributed by atoms with Gasteiger partial charge in [-0.15, -0.1) is 11.3 Å². The Morgan fingerprint density at radius 2 is 2.35 bits per heavy atom. The predicted octanol–water partition coefficient (Wildman–Crippen LogP) is 1.40. The van der Waals surface area contributed by atoms with Gasteiger partial charge >= 0.3 is 0 Å². The van der Waals surface area contributed by atoms with Crippen LogP contribution < -0.4 is 10.6 Å². The van der Waals surface area contributed by atoms with Crippen LogP contribution >= 0.6 is 11.3 Å². The highest BCUT2D eigenvalue weighted by Gasteiger charge is 2.01. The fourth-order valence-electron chi connectivity index (χ4n) is 1.75. The van der Waals surface area contributed by atoms with Crippen molar-refractivity contribution >= 4 is 17.3 Å². The maximum absolute atomic E-state index is 4.32. The van der Waals surface area contributed by atoms with Gasteiger partial charge in [-0.05, 0) is 13.3 Å². The molecule has 2 aromatic heterocycles. The second kappa shape index (κ2) is 7.64. The molecule has 0 aliphatic carbocycles. The first-order chi connectivity index (χ1) is 9.78. The lowest BCUT2D eigenvalue weighted by molar-refractivity contribution is 0.624. The van der Waals surface area contributed by atoms with E-state index in [1.54, 1.807) is 24.6 Å². The van der Waals surface area contributed by atoms with Crippen molar-refractivity contribution in [2.45, 2.75) is 26.4 Å². The summed E-state index contributed by atoms with van der Waals surface area (Å²) in [6.45, 7) is 4.59. The van der Waals surface area contributed by atoms with Gasteiger partial charge in [0.15, 0.2) is 5.96 Å². The van der Waals surface area contributed by atoms with Gasteiger partial charge in [-0.25, -0.2) is 9.97 Å². The molecule has 0 bridgehead atoms. The van der Waals surface area contributed by atoms with E-state index in [1.807, 2.05) is 18.7 Å². The zero-order chi connectivity index (χ0) is 14.2. The maximum atomic E-state index is 4.32. The monoisotopic (exact) mass is 292 g/mol. The normalized spacial score (nSPS) is 11.6. The molecule has 0 unspecified atom stereocenters. The largest absolute Gasteiger partial charge is 0.356 e. The molecule has 0 radical (unpaired) electrons. The van der Waals surface area contributed by atoms with Gasteiger partial charge in [0.2, 0.25) is 0 Å². The molecule has 20 heavy (non-hydrogen) atoms. The Morgan fingerprint density at radius 3 is 3.00 bits per heavy atom. The highest BCUT2D eigenvalue weighted by Crippen LogP contribution is 2.10. The number of nitrogens with zero attached hydrogens (tertiary/aromatic N) is 4. The summed E-state index contributed by atoms with van der Waals surface area (Å²) in [6.07, 6.45) is 8.51. The molecule has 7 heteroatoms. The number of aliphatic imine (C=N–C) groups is 1. The highest BCUT2D eigenvalue weighted by atomic mass is 32.1. The van der Waals surface area contributed by atoms with Crippen molar-refractivity contribution in [1.82, 2.24) is 25.2 Å². The Labute approximate surface area is 123 Å². The topological polar surface area (TPSA) is 67.1 Å². The van der Waals surface area contributed by atoms with Crippen LogP contribution in [0.5, 0.6) is 0 Å². The smallest absolute Gasteiger partial charge is 0.191 e. The Balaban J connectivity index is 1.65. The van der Waals surface area contributed by atoms with E-state index in [9.17, 15) is 0 Å². The minimum atomic E-state index is 0.708. The van der Waals surface area contributed by atoms with Crippen LogP contribution in [0.3, 0.4) is 0 Å². The summed E-state index contributed by atoms with van der Waals surface area (Å²) in [5.41, 5.74) is 0. The van der Waals surface area contributed by atoms with Crippen molar-refractivity contribution < 1.29 is 0 Å². The van der Waals surface area contributed by atoms with Crippen molar-refractivity contribution in [2.75, 3.05) is 13.6 Å². The number of imidazole rings is 1. The van der Waals surface area contributed by atoms with Gasteiger partial charge in [-0.3, -0.25) is 4.99 Å². The van der Waals surface area contributed by atoms with Gasteiger partial charge in [0.1, 0.15) is 5.01 Å². The van der Waals surface area contributed by atoms with Crippen molar-refractivity contribution in [3.05, 3.63) is 34.8 Å². The Hall–Kier alpha value is -1.89. The molecule has 6 nitrogen and oxygen atoms in total. The van der Waals surface area contributed by atoms with Crippen molar-refractivity contribution in [3.63, 3.8) is 0 Å². The first-order valence-electron chi connectivity index (χ1n) is 6.59. The number of aryl methyl sites for hydroxylation is 2.